The smallest absolute Gasteiger partial charge is 0.255 e. The molecule has 0 unspecified atom stereocenters. The lowest BCUT2D eigenvalue weighted by Gasteiger charge is -2.34. The quantitative estimate of drug-likeness (QED) is 0.0962. The van der Waals surface area contributed by atoms with Crippen molar-refractivity contribution in [2.75, 3.05) is 50.3 Å². The molecule has 8 heteroatoms. The second-order valence-electron chi connectivity index (χ2n) is 13.1. The zero-order valence-electron chi connectivity index (χ0n) is 31.0. The lowest BCUT2D eigenvalue weighted by atomic mass is 9.67. The van der Waals surface area contributed by atoms with E-state index < -0.39 is 5.41 Å². The lowest BCUT2D eigenvalue weighted by molar-refractivity contribution is 0.101. The number of rotatable bonds is 16. The van der Waals surface area contributed by atoms with Crippen molar-refractivity contribution < 1.29 is 28.5 Å². The van der Waals surface area contributed by atoms with Crippen LogP contribution in [0.3, 0.4) is 0 Å². The molecule has 0 heterocycles. The summed E-state index contributed by atoms with van der Waals surface area (Å²) in [5, 5.41) is 6.11. The summed E-state index contributed by atoms with van der Waals surface area (Å²) in [6.45, 7) is 6.91. The molecule has 7 rings (SSSR count). The summed E-state index contributed by atoms with van der Waals surface area (Å²) in [5.74, 6) is 0.767. The van der Waals surface area contributed by atoms with Gasteiger partial charge in [-0.3, -0.25) is 9.59 Å². The summed E-state index contributed by atoms with van der Waals surface area (Å²) in [6.07, 6.45) is 0. The molecule has 278 valence electrons. The number of carbonyl (C=O) groups excluding carboxylic acids is 2. The summed E-state index contributed by atoms with van der Waals surface area (Å²) in [7, 11) is 0. The molecule has 0 radical (unpaired) electrons. The minimum atomic E-state index is -0.654. The topological polar surface area (TPSA) is 95.1 Å². The molecule has 0 atom stereocenters. The Balaban J connectivity index is 1.16. The number of benzene rings is 6. The van der Waals surface area contributed by atoms with Gasteiger partial charge < -0.3 is 29.6 Å². The molecule has 0 bridgehead atoms. The molecule has 0 spiro atoms. The number of amides is 2. The first kappa shape index (κ1) is 37.1. The number of hydrogen-bond acceptors (Lipinski definition) is 6. The fourth-order valence-electron chi connectivity index (χ4n) is 7.22. The van der Waals surface area contributed by atoms with Crippen LogP contribution in [0.25, 0.3) is 11.1 Å². The molecule has 0 saturated heterocycles. The predicted molar refractivity (Wildman–Crippen MR) is 217 cm³/mol. The standard InChI is InChI=1S/C47H44N2O6/c1-3-52-27-29-54-39-13-9-11-33(31-39)45(50)48-37-23-19-35(20-24-37)47(43-17-7-5-15-41(43)42-16-6-8-18-44(42)47)36-21-25-38(26-22-36)49-46(51)34-12-10-14-40(32-34)55-30-28-53-4-2/h5-26,31-32H,3-4,27-30H2,1-2H3,(H,48,50)(H,49,51). The highest BCUT2D eigenvalue weighted by molar-refractivity contribution is 6.05. The molecule has 2 N–H and O–H groups in total. The van der Waals surface area contributed by atoms with Crippen molar-refractivity contribution in [3.8, 4) is 22.6 Å². The van der Waals surface area contributed by atoms with E-state index in [0.29, 0.717) is 73.6 Å². The van der Waals surface area contributed by atoms with Gasteiger partial charge in [0.05, 0.1) is 18.6 Å². The van der Waals surface area contributed by atoms with Crippen molar-refractivity contribution in [2.24, 2.45) is 0 Å². The van der Waals surface area contributed by atoms with E-state index in [9.17, 15) is 9.59 Å². The van der Waals surface area contributed by atoms with Crippen LogP contribution in [0, 0.1) is 0 Å². The molecule has 55 heavy (non-hydrogen) atoms. The van der Waals surface area contributed by atoms with Crippen LogP contribution in [0.2, 0.25) is 0 Å². The molecule has 0 aliphatic heterocycles. The number of ether oxygens (including phenoxy) is 4. The summed E-state index contributed by atoms with van der Waals surface area (Å²) in [5.41, 5.74) is 8.44. The highest BCUT2D eigenvalue weighted by atomic mass is 16.5. The summed E-state index contributed by atoms with van der Waals surface area (Å²) in [4.78, 5) is 26.7. The minimum Gasteiger partial charge on any atom is -0.491 e. The van der Waals surface area contributed by atoms with Crippen molar-refractivity contribution in [3.05, 3.63) is 179 Å². The molecule has 0 fully saturated rings. The van der Waals surface area contributed by atoms with Gasteiger partial charge in [0.15, 0.2) is 0 Å². The van der Waals surface area contributed by atoms with Crippen LogP contribution < -0.4 is 20.1 Å². The van der Waals surface area contributed by atoms with Gasteiger partial charge >= 0.3 is 0 Å². The maximum absolute atomic E-state index is 13.3. The number of anilines is 2. The second kappa shape index (κ2) is 17.3. The maximum atomic E-state index is 13.3. The van der Waals surface area contributed by atoms with Crippen LogP contribution in [-0.4, -0.2) is 51.5 Å². The van der Waals surface area contributed by atoms with Crippen LogP contribution >= 0.6 is 0 Å². The molecular weight excluding hydrogens is 689 g/mol. The van der Waals surface area contributed by atoms with E-state index in [1.54, 1.807) is 24.3 Å². The molecule has 2 amide bonds. The second-order valence-corrected chi connectivity index (χ2v) is 13.1. The monoisotopic (exact) mass is 732 g/mol. The highest BCUT2D eigenvalue weighted by Gasteiger charge is 2.45. The Bertz CT molecular complexity index is 2090. The molecule has 8 nitrogen and oxygen atoms in total. The van der Waals surface area contributed by atoms with Crippen LogP contribution in [0.5, 0.6) is 11.5 Å². The average Bonchev–Trinajstić information content (AvgIpc) is 3.53. The first-order valence-corrected chi connectivity index (χ1v) is 18.7. The molecule has 1 aliphatic carbocycles. The van der Waals surface area contributed by atoms with Crippen LogP contribution in [0.1, 0.15) is 56.8 Å². The third-order valence-electron chi connectivity index (χ3n) is 9.70. The van der Waals surface area contributed by atoms with E-state index in [4.69, 9.17) is 18.9 Å². The number of nitrogens with one attached hydrogen (secondary N) is 2. The van der Waals surface area contributed by atoms with Crippen LogP contribution in [-0.2, 0) is 14.9 Å². The van der Waals surface area contributed by atoms with Gasteiger partial charge in [0.25, 0.3) is 11.8 Å². The number of fused-ring (bicyclic) bond motifs is 3. The Morgan fingerprint density at radius 3 is 1.33 bits per heavy atom. The van der Waals surface area contributed by atoms with Gasteiger partial charge in [-0.2, -0.15) is 0 Å². The zero-order chi connectivity index (χ0) is 38.0. The molecule has 0 saturated carbocycles. The molecule has 0 aromatic heterocycles. The number of hydrogen-bond donors (Lipinski definition) is 2. The Hall–Kier alpha value is -6.22. The highest BCUT2D eigenvalue weighted by Crippen LogP contribution is 2.56. The molecular formula is C47H44N2O6. The number of carbonyl (C=O) groups is 2. The summed E-state index contributed by atoms with van der Waals surface area (Å²) in [6, 6.07) is 47.4. The Morgan fingerprint density at radius 2 is 0.909 bits per heavy atom. The van der Waals surface area contributed by atoms with Crippen LogP contribution in [0.15, 0.2) is 146 Å². The van der Waals surface area contributed by atoms with E-state index in [1.807, 2.05) is 62.4 Å². The molecule has 6 aromatic rings. The average molecular weight is 733 g/mol. The fraction of sp³-hybridized carbons (Fsp3) is 0.191. The Labute approximate surface area is 322 Å². The first-order valence-electron chi connectivity index (χ1n) is 18.7. The van der Waals surface area contributed by atoms with E-state index in [2.05, 4.69) is 83.4 Å². The fourth-order valence-corrected chi connectivity index (χ4v) is 7.22. The van der Waals surface area contributed by atoms with Crippen molar-refractivity contribution in [2.45, 2.75) is 19.3 Å². The normalized spacial score (nSPS) is 12.3. The first-order chi connectivity index (χ1) is 27.0. The third-order valence-corrected chi connectivity index (χ3v) is 9.70. The van der Waals surface area contributed by atoms with Crippen LogP contribution in [0.4, 0.5) is 11.4 Å². The van der Waals surface area contributed by atoms with E-state index in [0.717, 1.165) is 22.3 Å². The van der Waals surface area contributed by atoms with Gasteiger partial charge in [-0.15, -0.1) is 0 Å². The van der Waals surface area contributed by atoms with Crippen molar-refractivity contribution in [3.63, 3.8) is 0 Å². The Morgan fingerprint density at radius 1 is 0.491 bits per heavy atom. The largest absolute Gasteiger partial charge is 0.491 e. The summed E-state index contributed by atoms with van der Waals surface area (Å²) < 4.78 is 22.3. The van der Waals surface area contributed by atoms with E-state index in [-0.39, 0.29) is 11.8 Å². The molecule has 1 aliphatic rings. The summed E-state index contributed by atoms with van der Waals surface area (Å²) >= 11 is 0. The van der Waals surface area contributed by atoms with Gasteiger partial charge in [0.2, 0.25) is 0 Å². The van der Waals surface area contributed by atoms with Crippen molar-refractivity contribution >= 4 is 23.2 Å². The van der Waals surface area contributed by atoms with Gasteiger partial charge in [-0.25, -0.2) is 0 Å². The Kier molecular flexibility index (Phi) is 11.7. The zero-order valence-corrected chi connectivity index (χ0v) is 31.0. The van der Waals surface area contributed by atoms with E-state index >= 15 is 0 Å². The lowest BCUT2D eigenvalue weighted by Crippen LogP contribution is -2.28. The van der Waals surface area contributed by atoms with Gasteiger partial charge in [-0.1, -0.05) is 84.9 Å². The SMILES string of the molecule is CCOCCOc1cccc(C(=O)Nc2ccc(C3(c4ccc(NC(=O)c5cccc(OCCOCC)c5)cc4)c4ccccc4-c4ccccc43)cc2)c1. The van der Waals surface area contributed by atoms with Gasteiger partial charge in [-0.05, 0) is 108 Å². The molecule has 6 aromatic carbocycles. The van der Waals surface area contributed by atoms with Gasteiger partial charge in [0.1, 0.15) is 24.7 Å². The van der Waals surface area contributed by atoms with Crippen molar-refractivity contribution in [1.82, 2.24) is 0 Å². The van der Waals surface area contributed by atoms with E-state index in [1.165, 1.54) is 11.1 Å². The van der Waals surface area contributed by atoms with Crippen molar-refractivity contribution in [1.29, 1.82) is 0 Å². The predicted octanol–water partition coefficient (Wildman–Crippen LogP) is 9.38. The minimum absolute atomic E-state index is 0.229. The maximum Gasteiger partial charge on any atom is 0.255 e. The third kappa shape index (κ3) is 8.01. The van der Waals surface area contributed by atoms with Gasteiger partial charge in [0, 0.05) is 35.7 Å².